The van der Waals surface area contributed by atoms with Crippen LogP contribution in [-0.4, -0.2) is 25.6 Å². The third kappa shape index (κ3) is 4.19. The predicted molar refractivity (Wildman–Crippen MR) is 31.7 cm³/mol. The van der Waals surface area contributed by atoms with Crippen molar-refractivity contribution in [1.29, 1.82) is 0 Å². The molecular weight excluding hydrogens is 164 g/mol. The molecule has 0 rings (SSSR count). The summed E-state index contributed by atoms with van der Waals surface area (Å²) < 4.78 is 51.0. The summed E-state index contributed by atoms with van der Waals surface area (Å²) in [5, 5.41) is 0. The van der Waals surface area contributed by atoms with Gasteiger partial charge in [0.05, 0.1) is 0 Å². The van der Waals surface area contributed by atoms with Crippen LogP contribution in [0.2, 0.25) is 0 Å². The molecule has 11 heavy (non-hydrogen) atoms. The van der Waals surface area contributed by atoms with E-state index in [0.717, 1.165) is 0 Å². The average Bonchev–Trinajstić information content (AvgIpc) is 1.88. The smallest absolute Gasteiger partial charge is 0.330 e. The molecule has 0 aromatic heterocycles. The molecule has 0 aromatic carbocycles. The van der Waals surface area contributed by atoms with Gasteiger partial charge in [-0.1, -0.05) is 6.92 Å². The van der Waals surface area contributed by atoms with Gasteiger partial charge in [-0.2, -0.15) is 8.78 Å². The zero-order chi connectivity index (χ0) is 8.91. The molecule has 67 valence electrons. The van der Waals surface area contributed by atoms with Crippen molar-refractivity contribution in [3.05, 3.63) is 6.92 Å². The highest BCUT2D eigenvalue weighted by atomic mass is 19.3. The van der Waals surface area contributed by atoms with Gasteiger partial charge in [-0.25, -0.2) is 8.78 Å². The van der Waals surface area contributed by atoms with E-state index < -0.39 is 19.0 Å². The number of hydrogen-bond acceptors (Lipinski definition) is 1. The van der Waals surface area contributed by atoms with E-state index in [4.69, 9.17) is 0 Å². The molecule has 0 heterocycles. The molecule has 0 aliphatic rings. The molecule has 0 amide bonds. The first-order valence-corrected chi connectivity index (χ1v) is 3.03. The molecule has 1 nitrogen and oxygen atoms in total. The highest BCUT2D eigenvalue weighted by Gasteiger charge is 2.40. The Morgan fingerprint density at radius 3 is 2.27 bits per heavy atom. The molecule has 0 aliphatic heterocycles. The van der Waals surface area contributed by atoms with Crippen molar-refractivity contribution < 1.29 is 22.3 Å². The van der Waals surface area contributed by atoms with E-state index in [0.29, 0.717) is 6.42 Å². The van der Waals surface area contributed by atoms with Crippen molar-refractivity contribution in [3.63, 3.8) is 0 Å². The quantitative estimate of drug-likeness (QED) is 0.457. The number of rotatable bonds is 5. The Morgan fingerprint density at radius 2 is 1.91 bits per heavy atom. The summed E-state index contributed by atoms with van der Waals surface area (Å²) in [6.07, 6.45) is -3.37. The largest absolute Gasteiger partial charge is 0.375 e. The maximum Gasteiger partial charge on any atom is 0.330 e. The van der Waals surface area contributed by atoms with Gasteiger partial charge in [0, 0.05) is 6.61 Å². The van der Waals surface area contributed by atoms with Crippen LogP contribution in [-0.2, 0) is 4.74 Å². The van der Waals surface area contributed by atoms with E-state index in [9.17, 15) is 17.6 Å². The van der Waals surface area contributed by atoms with E-state index in [-0.39, 0.29) is 6.61 Å². The maximum atomic E-state index is 12.0. The van der Waals surface area contributed by atoms with Crippen molar-refractivity contribution in [1.82, 2.24) is 0 Å². The second-order valence-electron chi connectivity index (χ2n) is 1.97. The molecule has 5 heteroatoms. The first-order valence-electron chi connectivity index (χ1n) is 3.03. The first-order chi connectivity index (χ1) is 5.00. The summed E-state index contributed by atoms with van der Waals surface area (Å²) in [6, 6.07) is 0. The Balaban J connectivity index is 3.55. The second kappa shape index (κ2) is 4.54. The normalized spacial score (nSPS) is 12.5. The van der Waals surface area contributed by atoms with Gasteiger partial charge in [0.1, 0.15) is 6.61 Å². The topological polar surface area (TPSA) is 9.23 Å². The summed E-state index contributed by atoms with van der Waals surface area (Å²) in [6.45, 7) is 2.03. The summed E-state index contributed by atoms with van der Waals surface area (Å²) >= 11 is 0. The van der Waals surface area contributed by atoms with E-state index in [1.165, 1.54) is 0 Å². The van der Waals surface area contributed by atoms with Crippen LogP contribution in [0.15, 0.2) is 0 Å². The van der Waals surface area contributed by atoms with E-state index in [2.05, 4.69) is 11.7 Å². The van der Waals surface area contributed by atoms with Crippen LogP contribution < -0.4 is 0 Å². The number of hydrogen-bond donors (Lipinski definition) is 0. The highest BCUT2D eigenvalue weighted by Crippen LogP contribution is 2.22. The number of halogens is 4. The maximum absolute atomic E-state index is 12.0. The number of alkyl halides is 4. The molecule has 0 fully saturated rings. The molecule has 1 radical (unpaired) electrons. The third-order valence-corrected chi connectivity index (χ3v) is 0.902. The highest BCUT2D eigenvalue weighted by molar-refractivity contribution is 4.67. The predicted octanol–water partition coefficient (Wildman–Crippen LogP) is 2.13. The second-order valence-corrected chi connectivity index (χ2v) is 1.97. The van der Waals surface area contributed by atoms with Gasteiger partial charge in [-0.3, -0.25) is 0 Å². The van der Waals surface area contributed by atoms with Crippen LogP contribution in [0.1, 0.15) is 6.42 Å². The lowest BCUT2D eigenvalue weighted by molar-refractivity contribution is -0.165. The lowest BCUT2D eigenvalue weighted by atomic mass is 10.4. The Hall–Kier alpha value is -0.320. The minimum Gasteiger partial charge on any atom is -0.375 e. The van der Waals surface area contributed by atoms with Gasteiger partial charge in [0.15, 0.2) is 0 Å². The molecule has 0 unspecified atom stereocenters. The van der Waals surface area contributed by atoms with Crippen molar-refractivity contribution in [3.8, 4) is 0 Å². The van der Waals surface area contributed by atoms with Crippen molar-refractivity contribution >= 4 is 0 Å². The van der Waals surface area contributed by atoms with E-state index >= 15 is 0 Å². The van der Waals surface area contributed by atoms with Crippen molar-refractivity contribution in [2.45, 2.75) is 18.8 Å². The first kappa shape index (κ1) is 10.7. The Morgan fingerprint density at radius 1 is 1.36 bits per heavy atom. The van der Waals surface area contributed by atoms with Gasteiger partial charge in [-0.15, -0.1) is 0 Å². The SMILES string of the molecule is [CH2]CCOCC(F)(F)C(F)F. The lowest BCUT2D eigenvalue weighted by Gasteiger charge is -2.14. The molecule has 0 atom stereocenters. The zero-order valence-electron chi connectivity index (χ0n) is 5.83. The van der Waals surface area contributed by atoms with Gasteiger partial charge in [0.2, 0.25) is 0 Å². The molecule has 0 bridgehead atoms. The average molecular weight is 173 g/mol. The summed E-state index contributed by atoms with van der Waals surface area (Å²) in [5.74, 6) is -4.03. The van der Waals surface area contributed by atoms with Crippen LogP contribution in [0.25, 0.3) is 0 Å². The van der Waals surface area contributed by atoms with Gasteiger partial charge < -0.3 is 4.74 Å². The minimum absolute atomic E-state index is 0.0255. The Bertz CT molecular complexity index is 105. The molecule has 0 saturated heterocycles. The Kier molecular flexibility index (Phi) is 4.40. The minimum atomic E-state index is -4.03. The van der Waals surface area contributed by atoms with Crippen LogP contribution in [0.5, 0.6) is 0 Å². The van der Waals surface area contributed by atoms with Gasteiger partial charge in [0.25, 0.3) is 0 Å². The molecule has 0 aromatic rings. The standard InChI is InChI=1S/C6H9F4O/c1-2-3-11-4-6(9,10)5(7)8/h5H,1-4H2. The fraction of sp³-hybridized carbons (Fsp3) is 0.833. The van der Waals surface area contributed by atoms with Crippen LogP contribution >= 0.6 is 0 Å². The van der Waals surface area contributed by atoms with E-state index in [1.54, 1.807) is 0 Å². The molecule has 0 spiro atoms. The zero-order valence-corrected chi connectivity index (χ0v) is 5.83. The monoisotopic (exact) mass is 173 g/mol. The van der Waals surface area contributed by atoms with Crippen molar-refractivity contribution in [2.24, 2.45) is 0 Å². The lowest BCUT2D eigenvalue weighted by Crippen LogP contribution is -2.32. The summed E-state index contributed by atoms with van der Waals surface area (Å²) in [5.41, 5.74) is 0. The van der Waals surface area contributed by atoms with Crippen LogP contribution in [0.3, 0.4) is 0 Å². The fourth-order valence-electron chi connectivity index (χ4n) is 0.373. The van der Waals surface area contributed by atoms with Crippen LogP contribution in [0.4, 0.5) is 17.6 Å². The molecular formula is C6H9F4O. The number of ether oxygens (including phenoxy) is 1. The summed E-state index contributed by atoms with van der Waals surface area (Å²) in [4.78, 5) is 0. The Labute approximate surface area is 62.3 Å². The van der Waals surface area contributed by atoms with Crippen molar-refractivity contribution in [2.75, 3.05) is 13.2 Å². The van der Waals surface area contributed by atoms with Gasteiger partial charge >= 0.3 is 12.3 Å². The molecule has 0 saturated carbocycles. The van der Waals surface area contributed by atoms with Crippen LogP contribution in [0, 0.1) is 6.92 Å². The third-order valence-electron chi connectivity index (χ3n) is 0.902. The van der Waals surface area contributed by atoms with E-state index in [1.807, 2.05) is 0 Å². The van der Waals surface area contributed by atoms with Gasteiger partial charge in [-0.05, 0) is 6.42 Å². The molecule has 0 aliphatic carbocycles. The fourth-order valence-corrected chi connectivity index (χ4v) is 0.373. The summed E-state index contributed by atoms with van der Waals surface area (Å²) in [7, 11) is 0. The molecule has 0 N–H and O–H groups in total.